The van der Waals surface area contributed by atoms with E-state index in [2.05, 4.69) is 4.74 Å². The van der Waals surface area contributed by atoms with Gasteiger partial charge in [-0.2, -0.15) is 26.3 Å². The molecule has 0 spiro atoms. The van der Waals surface area contributed by atoms with Crippen LogP contribution in [0.1, 0.15) is 31.9 Å². The van der Waals surface area contributed by atoms with E-state index >= 15 is 0 Å². The van der Waals surface area contributed by atoms with Crippen LogP contribution in [0.5, 0.6) is 0 Å². The number of rotatable bonds is 5. The van der Waals surface area contributed by atoms with Crippen LogP contribution in [0.25, 0.3) is 0 Å². The molecule has 1 amide bonds. The molecule has 1 saturated heterocycles. The molecule has 1 aliphatic heterocycles. The molecule has 37 heavy (non-hydrogen) atoms. The Balaban J connectivity index is 1.87. The van der Waals surface area contributed by atoms with Crippen molar-refractivity contribution in [2.24, 2.45) is 0 Å². The summed E-state index contributed by atoms with van der Waals surface area (Å²) in [6.45, 7) is 5.28. The quantitative estimate of drug-likeness (QED) is 0.385. The molecule has 1 fully saturated rings. The molecule has 0 bridgehead atoms. The number of amides is 1. The van der Waals surface area contributed by atoms with Crippen LogP contribution in [-0.4, -0.2) is 55.1 Å². The Morgan fingerprint density at radius 2 is 1.46 bits per heavy atom. The number of halogens is 6. The molecule has 204 valence electrons. The highest BCUT2D eigenvalue weighted by Gasteiger charge is 2.73. The van der Waals surface area contributed by atoms with E-state index in [4.69, 9.17) is 10.5 Å². The zero-order valence-corrected chi connectivity index (χ0v) is 20.6. The van der Waals surface area contributed by atoms with Crippen molar-refractivity contribution >= 4 is 17.5 Å². The van der Waals surface area contributed by atoms with Crippen LogP contribution >= 0.6 is 0 Å². The molecule has 0 aromatic heterocycles. The highest BCUT2D eigenvalue weighted by Crippen LogP contribution is 2.54. The summed E-state index contributed by atoms with van der Waals surface area (Å²) in [5.74, 6) is 0. The summed E-state index contributed by atoms with van der Waals surface area (Å²) in [5.41, 5.74) is -0.321. The topological polar surface area (TPSA) is 68.0 Å². The fourth-order valence-electron chi connectivity index (χ4n) is 4.02. The van der Waals surface area contributed by atoms with Gasteiger partial charge in [-0.15, -0.1) is 0 Å². The average molecular weight is 534 g/mol. The molecule has 2 aromatic carbocycles. The molecule has 0 unspecified atom stereocenters. The van der Waals surface area contributed by atoms with Crippen LogP contribution in [0, 0.1) is 0 Å². The SMILES string of the molecule is CC(C)(C)OC(=O)N1CCN(c2ccc(C(OCc3ccccc3)(C(F)(F)F)C(F)(F)F)cc2N)CC1. The van der Waals surface area contributed by atoms with Crippen molar-refractivity contribution in [3.05, 3.63) is 59.7 Å². The molecule has 1 heterocycles. The van der Waals surface area contributed by atoms with E-state index in [9.17, 15) is 31.1 Å². The number of hydrogen-bond acceptors (Lipinski definition) is 5. The van der Waals surface area contributed by atoms with Crippen molar-refractivity contribution < 1.29 is 40.6 Å². The minimum atomic E-state index is -5.83. The number of nitrogen functional groups attached to an aromatic ring is 1. The summed E-state index contributed by atoms with van der Waals surface area (Å²) in [6.07, 6.45) is -12.2. The lowest BCUT2D eigenvalue weighted by atomic mass is 9.90. The summed E-state index contributed by atoms with van der Waals surface area (Å²) >= 11 is 0. The molecule has 2 N–H and O–H groups in total. The minimum Gasteiger partial charge on any atom is -0.444 e. The van der Waals surface area contributed by atoms with Gasteiger partial charge in [0, 0.05) is 31.7 Å². The molecule has 6 nitrogen and oxygen atoms in total. The Kier molecular flexibility index (Phi) is 7.92. The van der Waals surface area contributed by atoms with Crippen LogP contribution in [0.4, 0.5) is 42.5 Å². The van der Waals surface area contributed by atoms with Crippen LogP contribution in [0.2, 0.25) is 0 Å². The number of anilines is 2. The van der Waals surface area contributed by atoms with Gasteiger partial charge >= 0.3 is 18.4 Å². The molecular weight excluding hydrogens is 504 g/mol. The van der Waals surface area contributed by atoms with E-state index in [0.29, 0.717) is 6.07 Å². The summed E-state index contributed by atoms with van der Waals surface area (Å²) < 4.78 is 94.8. The van der Waals surface area contributed by atoms with Gasteiger partial charge in [0.25, 0.3) is 5.60 Å². The van der Waals surface area contributed by atoms with E-state index in [1.54, 1.807) is 31.7 Å². The van der Waals surface area contributed by atoms with Gasteiger partial charge in [-0.25, -0.2) is 4.79 Å². The molecule has 3 rings (SSSR count). The van der Waals surface area contributed by atoms with Gasteiger partial charge in [0.1, 0.15) is 5.60 Å². The number of nitrogens with two attached hydrogens (primary N) is 1. The van der Waals surface area contributed by atoms with Gasteiger partial charge in [-0.3, -0.25) is 0 Å². The van der Waals surface area contributed by atoms with Crippen molar-refractivity contribution in [2.75, 3.05) is 36.8 Å². The molecule has 0 aliphatic carbocycles. The maximum atomic E-state index is 14.1. The van der Waals surface area contributed by atoms with Gasteiger partial charge in [-0.1, -0.05) is 36.4 Å². The summed E-state index contributed by atoms with van der Waals surface area (Å²) in [4.78, 5) is 15.4. The maximum absolute atomic E-state index is 14.1. The largest absolute Gasteiger partial charge is 0.444 e. The second-order valence-corrected chi connectivity index (χ2v) is 9.68. The minimum absolute atomic E-state index is 0.146. The van der Waals surface area contributed by atoms with Crippen LogP contribution < -0.4 is 10.6 Å². The van der Waals surface area contributed by atoms with Crippen LogP contribution in [0.15, 0.2) is 48.5 Å². The lowest BCUT2D eigenvalue weighted by Crippen LogP contribution is -2.56. The first-order valence-corrected chi connectivity index (χ1v) is 11.5. The lowest BCUT2D eigenvalue weighted by molar-refractivity contribution is -0.392. The van der Waals surface area contributed by atoms with E-state index < -0.39 is 41.8 Å². The maximum Gasteiger partial charge on any atom is 0.430 e. The standard InChI is InChI=1S/C25H29F6N3O3/c1-22(2,3)37-21(35)34-13-11-33(12-14-34)20-10-9-18(15-19(20)32)23(24(26,27)28,25(29,30)31)36-16-17-7-5-4-6-8-17/h4-10,15H,11-14,16,32H2,1-3H3. The van der Waals surface area contributed by atoms with Gasteiger partial charge in [-0.05, 0) is 38.5 Å². The third kappa shape index (κ3) is 6.23. The van der Waals surface area contributed by atoms with Crippen LogP contribution in [-0.2, 0) is 21.7 Å². The van der Waals surface area contributed by atoms with Crippen molar-refractivity contribution in [2.45, 2.75) is 50.9 Å². The van der Waals surface area contributed by atoms with E-state index in [0.717, 1.165) is 12.1 Å². The number of piperazine rings is 1. The van der Waals surface area contributed by atoms with Gasteiger partial charge in [0.15, 0.2) is 0 Å². The summed E-state index contributed by atoms with van der Waals surface area (Å²) in [5, 5.41) is 0. The highest BCUT2D eigenvalue weighted by molar-refractivity contribution is 5.71. The number of hydrogen-bond donors (Lipinski definition) is 1. The fourth-order valence-corrected chi connectivity index (χ4v) is 4.02. The van der Waals surface area contributed by atoms with E-state index in [1.807, 2.05) is 0 Å². The van der Waals surface area contributed by atoms with Crippen molar-refractivity contribution in [3.8, 4) is 0 Å². The van der Waals surface area contributed by atoms with E-state index in [-0.39, 0.29) is 43.1 Å². The second-order valence-electron chi connectivity index (χ2n) is 9.68. The molecule has 0 atom stereocenters. The zero-order chi connectivity index (χ0) is 27.6. The lowest BCUT2D eigenvalue weighted by Gasteiger charge is -2.39. The Bertz CT molecular complexity index is 1060. The van der Waals surface area contributed by atoms with Crippen molar-refractivity contribution in [1.82, 2.24) is 4.90 Å². The van der Waals surface area contributed by atoms with Gasteiger partial charge in [0.05, 0.1) is 18.0 Å². The first kappa shape index (κ1) is 28.4. The smallest absolute Gasteiger partial charge is 0.430 e. The summed E-state index contributed by atoms with van der Waals surface area (Å²) in [6, 6.07) is 9.79. The predicted octanol–water partition coefficient (Wildman–Crippen LogP) is 5.86. The van der Waals surface area contributed by atoms with Gasteiger partial charge in [0.2, 0.25) is 0 Å². The summed E-state index contributed by atoms with van der Waals surface area (Å²) in [7, 11) is 0. The first-order chi connectivity index (χ1) is 17.0. The molecule has 0 saturated carbocycles. The number of ether oxygens (including phenoxy) is 2. The fraction of sp³-hybridized carbons (Fsp3) is 0.480. The number of carbonyl (C=O) groups excluding carboxylic acids is 1. The predicted molar refractivity (Wildman–Crippen MR) is 126 cm³/mol. The van der Waals surface area contributed by atoms with Crippen LogP contribution in [0.3, 0.4) is 0 Å². The zero-order valence-electron chi connectivity index (χ0n) is 20.6. The molecule has 0 radical (unpaired) electrons. The Morgan fingerprint density at radius 1 is 0.892 bits per heavy atom. The van der Waals surface area contributed by atoms with Gasteiger partial charge < -0.3 is 25.0 Å². The van der Waals surface area contributed by atoms with Crippen molar-refractivity contribution in [1.29, 1.82) is 0 Å². The number of benzene rings is 2. The number of nitrogens with zero attached hydrogens (tertiary/aromatic N) is 2. The average Bonchev–Trinajstić information content (AvgIpc) is 2.77. The highest BCUT2D eigenvalue weighted by atomic mass is 19.4. The Labute approximate surface area is 210 Å². The molecular formula is C25H29F6N3O3. The number of carbonyl (C=O) groups is 1. The van der Waals surface area contributed by atoms with Crippen molar-refractivity contribution in [3.63, 3.8) is 0 Å². The third-order valence-corrected chi connectivity index (χ3v) is 5.80. The first-order valence-electron chi connectivity index (χ1n) is 11.5. The molecule has 1 aliphatic rings. The van der Waals surface area contributed by atoms with E-state index in [1.165, 1.54) is 29.2 Å². The molecule has 2 aromatic rings. The number of alkyl halides is 6. The normalized spacial score (nSPS) is 15.6. The third-order valence-electron chi connectivity index (χ3n) is 5.80. The molecule has 12 heteroatoms. The second kappa shape index (κ2) is 10.3. The Hall–Kier alpha value is -3.15. The Morgan fingerprint density at radius 3 is 1.95 bits per heavy atom. The monoisotopic (exact) mass is 533 g/mol.